The van der Waals surface area contributed by atoms with Crippen LogP contribution < -0.4 is 0 Å². The lowest BCUT2D eigenvalue weighted by Crippen LogP contribution is -2.11. The lowest BCUT2D eigenvalue weighted by Gasteiger charge is -2.06. The number of rotatable bonds is 5. The fraction of sp³-hybridized carbons (Fsp3) is 0.556. The van der Waals surface area contributed by atoms with Gasteiger partial charge in [-0.1, -0.05) is 6.58 Å². The molecule has 3 heteroatoms. The van der Waals surface area contributed by atoms with Crippen LogP contribution in [0.2, 0.25) is 0 Å². The zero-order chi connectivity index (χ0) is 9.40. The number of hydrogen-bond donors (Lipinski definition) is 0. The molecule has 0 aromatic heterocycles. The summed E-state index contributed by atoms with van der Waals surface area (Å²) >= 11 is 0. The van der Waals surface area contributed by atoms with Gasteiger partial charge in [0.2, 0.25) is 0 Å². The van der Waals surface area contributed by atoms with Gasteiger partial charge in [-0.05, 0) is 13.8 Å². The Hall–Kier alpha value is -1.05. The first kappa shape index (κ1) is 11.0. The Bertz CT molecular complexity index is 178. The maximum atomic E-state index is 10.7. The molecular weight excluding hydrogens is 156 g/mol. The van der Waals surface area contributed by atoms with Gasteiger partial charge in [0.1, 0.15) is 6.61 Å². The van der Waals surface area contributed by atoms with Crippen LogP contribution in [0.15, 0.2) is 18.4 Å². The van der Waals surface area contributed by atoms with Crippen molar-refractivity contribution in [1.29, 1.82) is 0 Å². The van der Waals surface area contributed by atoms with Crippen molar-refractivity contribution in [2.45, 2.75) is 20.0 Å². The summed E-state index contributed by atoms with van der Waals surface area (Å²) in [5.74, 6) is -0.433. The van der Waals surface area contributed by atoms with E-state index < -0.39 is 5.97 Å². The molecule has 0 atom stereocenters. The molecule has 0 aliphatic carbocycles. The summed E-state index contributed by atoms with van der Waals surface area (Å²) in [6.45, 7) is 7.79. The molecule has 0 fully saturated rings. The predicted octanol–water partition coefficient (Wildman–Crippen LogP) is 1.30. The maximum Gasteiger partial charge on any atom is 0.338 e. The van der Waals surface area contributed by atoms with Crippen molar-refractivity contribution in [1.82, 2.24) is 0 Å². The van der Waals surface area contributed by atoms with Crippen molar-refractivity contribution in [3.63, 3.8) is 0 Å². The second kappa shape index (κ2) is 6.65. The highest BCUT2D eigenvalue weighted by molar-refractivity contribution is 5.81. The molecule has 0 radical (unpaired) electrons. The van der Waals surface area contributed by atoms with Gasteiger partial charge in [-0.3, -0.25) is 0 Å². The highest BCUT2D eigenvalue weighted by Gasteiger charge is 1.96. The fourth-order valence-electron chi connectivity index (χ4n) is 0.551. The topological polar surface area (TPSA) is 35.5 Å². The molecule has 0 aromatic carbocycles. The van der Waals surface area contributed by atoms with Crippen molar-refractivity contribution in [3.05, 3.63) is 18.4 Å². The minimum Gasteiger partial charge on any atom is -0.460 e. The zero-order valence-electron chi connectivity index (χ0n) is 7.50. The Morgan fingerprint density at radius 2 is 2.25 bits per heavy atom. The Morgan fingerprint density at radius 3 is 2.75 bits per heavy atom. The van der Waals surface area contributed by atoms with Gasteiger partial charge in [-0.25, -0.2) is 4.79 Å². The van der Waals surface area contributed by atoms with Gasteiger partial charge in [0, 0.05) is 0 Å². The first-order valence-corrected chi connectivity index (χ1v) is 3.81. The summed E-state index contributed by atoms with van der Waals surface area (Å²) in [5, 5.41) is 0. The third kappa shape index (κ3) is 7.06. The SMILES string of the molecule is C=C=CC(=O)OCCOC(C)C. The predicted molar refractivity (Wildman–Crippen MR) is 45.8 cm³/mol. The molecule has 0 unspecified atom stereocenters. The molecule has 0 saturated heterocycles. The van der Waals surface area contributed by atoms with E-state index in [0.717, 1.165) is 6.08 Å². The summed E-state index contributed by atoms with van der Waals surface area (Å²) in [4.78, 5) is 10.7. The minimum atomic E-state index is -0.433. The molecule has 0 saturated carbocycles. The number of hydrogen-bond acceptors (Lipinski definition) is 3. The molecule has 0 spiro atoms. The number of esters is 1. The van der Waals surface area contributed by atoms with Crippen molar-refractivity contribution in [2.75, 3.05) is 13.2 Å². The van der Waals surface area contributed by atoms with Gasteiger partial charge < -0.3 is 9.47 Å². The van der Waals surface area contributed by atoms with Crippen molar-refractivity contribution in [2.24, 2.45) is 0 Å². The fourth-order valence-corrected chi connectivity index (χ4v) is 0.551. The summed E-state index contributed by atoms with van der Waals surface area (Å²) < 4.78 is 9.85. The molecule has 0 N–H and O–H groups in total. The average molecular weight is 170 g/mol. The van der Waals surface area contributed by atoms with Gasteiger partial charge in [-0.15, -0.1) is 5.73 Å². The van der Waals surface area contributed by atoms with Crippen LogP contribution >= 0.6 is 0 Å². The smallest absolute Gasteiger partial charge is 0.338 e. The van der Waals surface area contributed by atoms with Gasteiger partial charge >= 0.3 is 5.97 Å². The van der Waals surface area contributed by atoms with Crippen LogP contribution in [0.25, 0.3) is 0 Å². The van der Waals surface area contributed by atoms with E-state index in [2.05, 4.69) is 12.3 Å². The number of carbonyl (C=O) groups is 1. The molecule has 0 aliphatic rings. The van der Waals surface area contributed by atoms with Gasteiger partial charge in [-0.2, -0.15) is 0 Å². The van der Waals surface area contributed by atoms with Gasteiger partial charge in [0.05, 0.1) is 18.8 Å². The molecule has 0 rings (SSSR count). The summed E-state index contributed by atoms with van der Waals surface area (Å²) in [5.41, 5.74) is 2.33. The van der Waals surface area contributed by atoms with E-state index in [0.29, 0.717) is 6.61 Å². The van der Waals surface area contributed by atoms with E-state index in [1.54, 1.807) is 0 Å². The highest BCUT2D eigenvalue weighted by Crippen LogP contribution is 1.87. The van der Waals surface area contributed by atoms with E-state index >= 15 is 0 Å². The standard InChI is InChI=1S/C9H14O3/c1-4-5-9(10)12-7-6-11-8(2)3/h5,8H,1,6-7H2,2-3H3. The quantitative estimate of drug-likeness (QED) is 0.270. The third-order valence-electron chi connectivity index (χ3n) is 0.999. The molecule has 0 amide bonds. The first-order valence-electron chi connectivity index (χ1n) is 3.81. The maximum absolute atomic E-state index is 10.7. The lowest BCUT2D eigenvalue weighted by molar-refractivity contribution is -0.139. The normalized spacial score (nSPS) is 9.25. The van der Waals surface area contributed by atoms with Gasteiger partial charge in [0.15, 0.2) is 0 Å². The van der Waals surface area contributed by atoms with E-state index in [1.165, 1.54) is 0 Å². The van der Waals surface area contributed by atoms with Gasteiger partial charge in [0.25, 0.3) is 0 Å². The molecule has 0 aliphatic heterocycles. The van der Waals surface area contributed by atoms with E-state index in [9.17, 15) is 4.79 Å². The molecule has 12 heavy (non-hydrogen) atoms. The number of carbonyl (C=O) groups excluding carboxylic acids is 1. The van der Waals surface area contributed by atoms with Crippen LogP contribution in [0.5, 0.6) is 0 Å². The van der Waals surface area contributed by atoms with Crippen LogP contribution in [0.3, 0.4) is 0 Å². The lowest BCUT2D eigenvalue weighted by atomic mass is 10.5. The Kier molecular flexibility index (Phi) is 6.07. The van der Waals surface area contributed by atoms with Crippen LogP contribution in [-0.4, -0.2) is 25.3 Å². The molecule has 3 nitrogen and oxygen atoms in total. The molecule has 68 valence electrons. The monoisotopic (exact) mass is 170 g/mol. The Morgan fingerprint density at radius 1 is 1.58 bits per heavy atom. The number of ether oxygens (including phenoxy) is 2. The van der Waals surface area contributed by atoms with Crippen LogP contribution in [-0.2, 0) is 14.3 Å². The second-order valence-corrected chi connectivity index (χ2v) is 2.44. The van der Waals surface area contributed by atoms with Crippen molar-refractivity contribution < 1.29 is 14.3 Å². The van der Waals surface area contributed by atoms with E-state index in [4.69, 9.17) is 9.47 Å². The van der Waals surface area contributed by atoms with E-state index in [-0.39, 0.29) is 12.7 Å². The molecule has 0 heterocycles. The third-order valence-corrected chi connectivity index (χ3v) is 0.999. The molecule has 0 aromatic rings. The van der Waals surface area contributed by atoms with Crippen LogP contribution in [0.1, 0.15) is 13.8 Å². The summed E-state index contributed by atoms with van der Waals surface area (Å²) in [6, 6.07) is 0. The summed E-state index contributed by atoms with van der Waals surface area (Å²) in [7, 11) is 0. The van der Waals surface area contributed by atoms with Crippen LogP contribution in [0.4, 0.5) is 0 Å². The molecule has 0 bridgehead atoms. The Balaban J connectivity index is 3.31. The molecular formula is C9H14O3. The van der Waals surface area contributed by atoms with Crippen molar-refractivity contribution in [3.8, 4) is 0 Å². The van der Waals surface area contributed by atoms with Crippen LogP contribution in [0, 0.1) is 0 Å². The first-order chi connectivity index (χ1) is 5.66. The Labute approximate surface area is 72.7 Å². The second-order valence-electron chi connectivity index (χ2n) is 2.44. The minimum absolute atomic E-state index is 0.165. The average Bonchev–Trinajstić information content (AvgIpc) is 1.98. The summed E-state index contributed by atoms with van der Waals surface area (Å²) in [6.07, 6.45) is 1.31. The van der Waals surface area contributed by atoms with Crippen molar-refractivity contribution >= 4 is 5.97 Å². The highest BCUT2D eigenvalue weighted by atomic mass is 16.6. The zero-order valence-corrected chi connectivity index (χ0v) is 7.50. The van der Waals surface area contributed by atoms with E-state index in [1.807, 2.05) is 13.8 Å². The largest absolute Gasteiger partial charge is 0.460 e.